The van der Waals surface area contributed by atoms with Gasteiger partial charge in [0.05, 0.1) is 28.0 Å². The average molecular weight is 399 g/mol. The van der Waals surface area contributed by atoms with Gasteiger partial charge in [0, 0.05) is 0 Å². The number of aromatic nitrogens is 1. The molecule has 3 heterocycles. The molecule has 0 amide bonds. The van der Waals surface area contributed by atoms with Crippen molar-refractivity contribution < 1.29 is 31.8 Å². The third kappa shape index (κ3) is 3.60. The number of hydrogen-bond donors (Lipinski definition) is 0. The molecule has 0 aliphatic carbocycles. The molecule has 2 aliphatic rings. The van der Waals surface area contributed by atoms with Gasteiger partial charge in [-0.2, -0.15) is 13.2 Å². The maximum atomic E-state index is 13.5. The molecule has 28 heavy (non-hydrogen) atoms. The van der Waals surface area contributed by atoms with Crippen molar-refractivity contribution in [2.24, 2.45) is 0 Å². The largest absolute Gasteiger partial charge is 0.514 e. The van der Waals surface area contributed by atoms with Gasteiger partial charge >= 0.3 is 20.4 Å². The van der Waals surface area contributed by atoms with E-state index in [4.69, 9.17) is 18.6 Å². The minimum atomic E-state index is -4.63. The van der Waals surface area contributed by atoms with E-state index in [1.54, 1.807) is 0 Å². The summed E-state index contributed by atoms with van der Waals surface area (Å²) >= 11 is 0. The molecule has 2 saturated heterocycles. The van der Waals surface area contributed by atoms with Crippen molar-refractivity contribution in [2.45, 2.75) is 84.0 Å². The Hall–Kier alpha value is -1.09. The van der Waals surface area contributed by atoms with E-state index < -0.39 is 48.5 Å². The van der Waals surface area contributed by atoms with E-state index in [0.717, 1.165) is 6.07 Å². The second kappa shape index (κ2) is 6.20. The molecule has 0 saturated carbocycles. The fourth-order valence-corrected chi connectivity index (χ4v) is 2.92. The number of halogens is 3. The fourth-order valence-electron chi connectivity index (χ4n) is 2.92. The summed E-state index contributed by atoms with van der Waals surface area (Å²) in [6.07, 6.45) is -4.63. The number of nitrogens with zero attached hydrogens (tertiary/aromatic N) is 1. The van der Waals surface area contributed by atoms with Crippen molar-refractivity contribution in [3.63, 3.8) is 0 Å². The Kier molecular flexibility index (Phi) is 4.79. The van der Waals surface area contributed by atoms with E-state index in [-0.39, 0.29) is 11.1 Å². The van der Waals surface area contributed by atoms with Gasteiger partial charge in [0.1, 0.15) is 5.69 Å². The fraction of sp³-hybridized carbons (Fsp3) is 0.722. The molecule has 3 rings (SSSR count). The first-order chi connectivity index (χ1) is 12.5. The summed E-state index contributed by atoms with van der Waals surface area (Å²) < 4.78 is 64.1. The van der Waals surface area contributed by atoms with Crippen molar-refractivity contribution in [1.82, 2.24) is 4.98 Å². The molecule has 0 aromatic carbocycles. The SMILES string of the molecule is CC1(C)OB(c2cc(B3OC(C)(C)C(C)(C)O3)nc(C(F)(F)F)c2)OC1(C)C. The molecule has 1 aromatic heterocycles. The van der Waals surface area contributed by atoms with E-state index >= 15 is 0 Å². The zero-order chi connectivity index (χ0) is 21.3. The summed E-state index contributed by atoms with van der Waals surface area (Å²) in [5.74, 6) is 0. The molecule has 2 fully saturated rings. The maximum absolute atomic E-state index is 13.5. The standard InChI is InChI=1S/C18H26B2F3NO4/c1-14(2)15(3,4)26-19(25-14)11-9-12(18(21,22)23)24-13(10-11)20-27-16(5,6)17(7,8)28-20/h9-10H,1-8H3. The molecule has 0 atom stereocenters. The van der Waals surface area contributed by atoms with Crippen molar-refractivity contribution in [1.29, 1.82) is 0 Å². The predicted molar refractivity (Wildman–Crippen MR) is 101 cm³/mol. The van der Waals surface area contributed by atoms with Crippen LogP contribution < -0.4 is 11.1 Å². The lowest BCUT2D eigenvalue weighted by molar-refractivity contribution is -0.141. The number of hydrogen-bond acceptors (Lipinski definition) is 5. The van der Waals surface area contributed by atoms with Crippen LogP contribution in [0.25, 0.3) is 0 Å². The third-order valence-electron chi connectivity index (χ3n) is 6.18. The van der Waals surface area contributed by atoms with E-state index in [9.17, 15) is 13.2 Å². The average Bonchev–Trinajstić information content (AvgIpc) is 2.86. The van der Waals surface area contributed by atoms with Crippen LogP contribution in [0.3, 0.4) is 0 Å². The first-order valence-electron chi connectivity index (χ1n) is 9.26. The van der Waals surface area contributed by atoms with E-state index in [2.05, 4.69) is 4.98 Å². The van der Waals surface area contributed by atoms with Crippen LogP contribution >= 0.6 is 0 Å². The lowest BCUT2D eigenvalue weighted by atomic mass is 9.74. The molecular weight excluding hydrogens is 373 g/mol. The molecule has 2 aliphatic heterocycles. The summed E-state index contributed by atoms with van der Waals surface area (Å²) in [6.45, 7) is 14.7. The van der Waals surface area contributed by atoms with Gasteiger partial charge in [-0.15, -0.1) is 0 Å². The van der Waals surface area contributed by atoms with Crippen molar-refractivity contribution in [3.8, 4) is 0 Å². The zero-order valence-electron chi connectivity index (χ0n) is 17.5. The van der Waals surface area contributed by atoms with Crippen molar-refractivity contribution in [3.05, 3.63) is 17.8 Å². The van der Waals surface area contributed by atoms with Crippen molar-refractivity contribution in [2.75, 3.05) is 0 Å². The smallest absolute Gasteiger partial charge is 0.399 e. The lowest BCUT2D eigenvalue weighted by Crippen LogP contribution is -2.44. The van der Waals surface area contributed by atoms with Crippen LogP contribution in [0.15, 0.2) is 12.1 Å². The number of pyridine rings is 1. The van der Waals surface area contributed by atoms with Gasteiger partial charge in [0.15, 0.2) is 0 Å². The Morgan fingerprint density at radius 3 is 1.50 bits per heavy atom. The Bertz CT molecular complexity index is 694. The first-order valence-corrected chi connectivity index (χ1v) is 9.26. The van der Waals surface area contributed by atoms with E-state index in [1.807, 2.05) is 55.4 Å². The summed E-state index contributed by atoms with van der Waals surface area (Å²) in [5.41, 5.74) is -3.52. The van der Waals surface area contributed by atoms with Gasteiger partial charge in [-0.25, -0.2) is 0 Å². The molecule has 1 aromatic rings. The molecule has 0 N–H and O–H groups in total. The van der Waals surface area contributed by atoms with Crippen LogP contribution in [0.2, 0.25) is 0 Å². The van der Waals surface area contributed by atoms with Gasteiger partial charge in [0.25, 0.3) is 0 Å². The Morgan fingerprint density at radius 2 is 1.11 bits per heavy atom. The van der Waals surface area contributed by atoms with Gasteiger partial charge in [-0.1, -0.05) is 0 Å². The highest BCUT2D eigenvalue weighted by molar-refractivity contribution is 6.65. The molecular formula is C18H26B2F3NO4. The van der Waals surface area contributed by atoms with Crippen LogP contribution in [-0.2, 0) is 24.8 Å². The molecule has 0 unspecified atom stereocenters. The second-order valence-corrected chi connectivity index (χ2v) is 9.38. The summed E-state index contributed by atoms with van der Waals surface area (Å²) in [6, 6.07) is 2.45. The highest BCUT2D eigenvalue weighted by Crippen LogP contribution is 2.38. The Labute approximate surface area is 164 Å². The monoisotopic (exact) mass is 399 g/mol. The summed E-state index contributed by atoms with van der Waals surface area (Å²) in [7, 11) is -1.97. The predicted octanol–water partition coefficient (Wildman–Crippen LogP) is 2.70. The minimum Gasteiger partial charge on any atom is -0.399 e. The summed E-state index contributed by atoms with van der Waals surface area (Å²) in [4.78, 5) is 3.78. The van der Waals surface area contributed by atoms with E-state index in [1.165, 1.54) is 6.07 Å². The third-order valence-corrected chi connectivity index (χ3v) is 6.18. The van der Waals surface area contributed by atoms with Crippen LogP contribution in [0.1, 0.15) is 61.1 Å². The first kappa shape index (κ1) is 21.6. The minimum absolute atomic E-state index is 0.0400. The maximum Gasteiger partial charge on any atom is 0.514 e. The number of alkyl halides is 3. The van der Waals surface area contributed by atoms with Crippen LogP contribution in [-0.4, -0.2) is 41.6 Å². The Balaban J connectivity index is 2.03. The van der Waals surface area contributed by atoms with Crippen LogP contribution in [0.4, 0.5) is 13.2 Å². The number of rotatable bonds is 2. The molecule has 0 bridgehead atoms. The molecule has 0 spiro atoms. The lowest BCUT2D eigenvalue weighted by Gasteiger charge is -2.32. The second-order valence-electron chi connectivity index (χ2n) is 9.38. The molecule has 10 heteroatoms. The van der Waals surface area contributed by atoms with E-state index in [0.29, 0.717) is 0 Å². The topological polar surface area (TPSA) is 49.8 Å². The molecule has 154 valence electrons. The Morgan fingerprint density at radius 1 is 0.714 bits per heavy atom. The zero-order valence-corrected chi connectivity index (χ0v) is 17.5. The highest BCUT2D eigenvalue weighted by Gasteiger charge is 2.55. The van der Waals surface area contributed by atoms with Crippen LogP contribution in [0.5, 0.6) is 0 Å². The summed E-state index contributed by atoms with van der Waals surface area (Å²) in [5, 5.41) is 0. The van der Waals surface area contributed by atoms with Crippen molar-refractivity contribution >= 4 is 25.3 Å². The molecule has 0 radical (unpaired) electrons. The van der Waals surface area contributed by atoms with Gasteiger partial charge in [-0.3, -0.25) is 4.98 Å². The normalized spacial score (nSPS) is 25.4. The van der Waals surface area contributed by atoms with Gasteiger partial charge < -0.3 is 18.6 Å². The highest BCUT2D eigenvalue weighted by atomic mass is 19.4. The van der Waals surface area contributed by atoms with Crippen LogP contribution in [0, 0.1) is 0 Å². The quantitative estimate of drug-likeness (QED) is 0.717. The van der Waals surface area contributed by atoms with Gasteiger partial charge in [-0.05, 0) is 73.0 Å². The molecule has 5 nitrogen and oxygen atoms in total. The van der Waals surface area contributed by atoms with Gasteiger partial charge in [0.2, 0.25) is 0 Å².